The van der Waals surface area contributed by atoms with E-state index in [2.05, 4.69) is 31.5 Å². The van der Waals surface area contributed by atoms with Gasteiger partial charge in [-0.2, -0.15) is 0 Å². The van der Waals surface area contributed by atoms with E-state index in [1.54, 1.807) is 6.07 Å². The largest absolute Gasteiger partial charge is 0.324 e. The van der Waals surface area contributed by atoms with Crippen LogP contribution < -0.4 is 10.6 Å². The van der Waals surface area contributed by atoms with Crippen molar-refractivity contribution in [1.29, 1.82) is 0 Å². The third kappa shape index (κ3) is 4.45. The first-order valence-corrected chi connectivity index (χ1v) is 7.92. The number of carbonyl (C=O) groups excluding carboxylic acids is 1. The van der Waals surface area contributed by atoms with E-state index in [-0.39, 0.29) is 5.91 Å². The van der Waals surface area contributed by atoms with Crippen LogP contribution in [-0.4, -0.2) is 43.5 Å². The van der Waals surface area contributed by atoms with Crippen LogP contribution in [0.25, 0.3) is 0 Å². The van der Waals surface area contributed by atoms with Gasteiger partial charge in [0.15, 0.2) is 0 Å². The highest BCUT2D eigenvalue weighted by molar-refractivity contribution is 9.10. The molecule has 4 nitrogen and oxygen atoms in total. The van der Waals surface area contributed by atoms with Gasteiger partial charge in [-0.15, -0.1) is 0 Å². The summed E-state index contributed by atoms with van der Waals surface area (Å²) in [5.41, 5.74) is 1.70. The van der Waals surface area contributed by atoms with E-state index >= 15 is 0 Å². The van der Waals surface area contributed by atoms with Crippen LogP contribution in [0.2, 0.25) is 5.02 Å². The summed E-state index contributed by atoms with van der Waals surface area (Å²) in [7, 11) is 0. The fourth-order valence-corrected chi connectivity index (χ4v) is 2.92. The molecule has 20 heavy (non-hydrogen) atoms. The molecular weight excluding hydrogens is 342 g/mol. The average molecular weight is 361 g/mol. The quantitative estimate of drug-likeness (QED) is 0.871. The maximum Gasteiger partial charge on any atom is 0.238 e. The van der Waals surface area contributed by atoms with Crippen molar-refractivity contribution in [3.8, 4) is 0 Å². The first-order valence-electron chi connectivity index (χ1n) is 6.75. The maximum atomic E-state index is 12.1. The molecule has 2 N–H and O–H groups in total. The van der Waals surface area contributed by atoms with Crippen LogP contribution >= 0.6 is 27.5 Å². The molecule has 0 saturated carbocycles. The minimum atomic E-state index is -0.00693. The Hall–Kier alpha value is -0.620. The molecule has 1 aliphatic heterocycles. The van der Waals surface area contributed by atoms with Crippen LogP contribution in [0.1, 0.15) is 12.0 Å². The zero-order valence-electron chi connectivity index (χ0n) is 11.5. The summed E-state index contributed by atoms with van der Waals surface area (Å²) < 4.78 is 0.852. The highest BCUT2D eigenvalue weighted by Crippen LogP contribution is 2.29. The van der Waals surface area contributed by atoms with Gasteiger partial charge in [-0.05, 0) is 60.1 Å². The van der Waals surface area contributed by atoms with E-state index in [1.165, 1.54) is 0 Å². The molecule has 0 spiro atoms. The summed E-state index contributed by atoms with van der Waals surface area (Å²) in [4.78, 5) is 14.3. The number of aryl methyl sites for hydroxylation is 1. The third-order valence-electron chi connectivity index (χ3n) is 3.32. The van der Waals surface area contributed by atoms with Crippen molar-refractivity contribution >= 4 is 39.1 Å². The van der Waals surface area contributed by atoms with Crippen molar-refractivity contribution in [1.82, 2.24) is 10.2 Å². The fourth-order valence-electron chi connectivity index (χ4n) is 2.19. The zero-order chi connectivity index (χ0) is 14.5. The molecule has 1 amide bonds. The summed E-state index contributed by atoms with van der Waals surface area (Å²) in [6.07, 6.45) is 1.08. The minimum absolute atomic E-state index is 0.00693. The number of benzene rings is 1. The number of hydrogen-bond acceptors (Lipinski definition) is 3. The second kappa shape index (κ2) is 7.41. The van der Waals surface area contributed by atoms with Gasteiger partial charge in [0.25, 0.3) is 0 Å². The number of rotatable bonds is 3. The Morgan fingerprint density at radius 2 is 2.25 bits per heavy atom. The van der Waals surface area contributed by atoms with Crippen LogP contribution in [0.3, 0.4) is 0 Å². The fraction of sp³-hybridized carbons (Fsp3) is 0.500. The lowest BCUT2D eigenvalue weighted by Crippen LogP contribution is -2.35. The Labute approximate surface area is 133 Å². The Balaban J connectivity index is 1.95. The molecule has 0 bridgehead atoms. The Morgan fingerprint density at radius 3 is 3.05 bits per heavy atom. The SMILES string of the molecule is Cc1cc(Br)c(NC(=O)CN2CCCNCC2)cc1Cl. The van der Waals surface area contributed by atoms with Gasteiger partial charge in [-0.3, -0.25) is 9.69 Å². The van der Waals surface area contributed by atoms with Gasteiger partial charge in [0.05, 0.1) is 12.2 Å². The second-order valence-corrected chi connectivity index (χ2v) is 6.27. The molecule has 1 saturated heterocycles. The minimum Gasteiger partial charge on any atom is -0.324 e. The highest BCUT2D eigenvalue weighted by atomic mass is 79.9. The molecular formula is C14H19BrClN3O. The predicted octanol–water partition coefficient (Wildman–Crippen LogP) is 2.64. The third-order valence-corrected chi connectivity index (χ3v) is 4.39. The lowest BCUT2D eigenvalue weighted by Gasteiger charge is -2.19. The van der Waals surface area contributed by atoms with Gasteiger partial charge in [0.1, 0.15) is 0 Å². The molecule has 0 unspecified atom stereocenters. The van der Waals surface area contributed by atoms with Gasteiger partial charge in [-0.1, -0.05) is 11.6 Å². The molecule has 1 aliphatic rings. The molecule has 6 heteroatoms. The van der Waals surface area contributed by atoms with Gasteiger partial charge in [0, 0.05) is 22.6 Å². The standard InChI is InChI=1S/C14H19BrClN3O/c1-10-7-11(15)13(8-12(10)16)18-14(20)9-19-5-2-3-17-4-6-19/h7-8,17H,2-6,9H2,1H3,(H,18,20). The van der Waals surface area contributed by atoms with Crippen LogP contribution in [0.15, 0.2) is 16.6 Å². The average Bonchev–Trinajstić information content (AvgIpc) is 2.64. The van der Waals surface area contributed by atoms with Crippen LogP contribution in [-0.2, 0) is 4.79 Å². The normalized spacial score (nSPS) is 16.8. The van der Waals surface area contributed by atoms with Crippen molar-refractivity contribution in [3.05, 3.63) is 27.2 Å². The molecule has 1 aromatic carbocycles. The van der Waals surface area contributed by atoms with Crippen molar-refractivity contribution < 1.29 is 4.79 Å². The number of halogens is 2. The van der Waals surface area contributed by atoms with Crippen molar-refractivity contribution in [3.63, 3.8) is 0 Å². The van der Waals surface area contributed by atoms with Gasteiger partial charge in [0.2, 0.25) is 5.91 Å². The van der Waals surface area contributed by atoms with Crippen LogP contribution in [0.5, 0.6) is 0 Å². The lowest BCUT2D eigenvalue weighted by atomic mass is 10.2. The Morgan fingerprint density at radius 1 is 1.45 bits per heavy atom. The highest BCUT2D eigenvalue weighted by Gasteiger charge is 2.14. The van der Waals surface area contributed by atoms with E-state index < -0.39 is 0 Å². The van der Waals surface area contributed by atoms with Crippen LogP contribution in [0.4, 0.5) is 5.69 Å². The molecule has 1 aromatic rings. The van der Waals surface area contributed by atoms with Gasteiger partial charge in [-0.25, -0.2) is 0 Å². The smallest absolute Gasteiger partial charge is 0.238 e. The number of hydrogen-bond donors (Lipinski definition) is 2. The van der Waals surface area contributed by atoms with Gasteiger partial charge >= 0.3 is 0 Å². The van der Waals surface area contributed by atoms with Gasteiger partial charge < -0.3 is 10.6 Å². The van der Waals surface area contributed by atoms with Crippen molar-refractivity contribution in [2.24, 2.45) is 0 Å². The van der Waals surface area contributed by atoms with Crippen molar-refractivity contribution in [2.75, 3.05) is 38.0 Å². The zero-order valence-corrected chi connectivity index (χ0v) is 13.9. The number of carbonyl (C=O) groups is 1. The number of anilines is 1. The van der Waals surface area contributed by atoms with Crippen molar-refractivity contribution in [2.45, 2.75) is 13.3 Å². The first kappa shape index (κ1) is 15.8. The number of amides is 1. The Kier molecular flexibility index (Phi) is 5.84. The summed E-state index contributed by atoms with van der Waals surface area (Å²) in [6.45, 7) is 6.17. The summed E-state index contributed by atoms with van der Waals surface area (Å²) >= 11 is 9.54. The molecule has 0 atom stereocenters. The summed E-state index contributed by atoms with van der Waals surface area (Å²) in [6, 6.07) is 3.69. The molecule has 0 aliphatic carbocycles. The van der Waals surface area contributed by atoms with E-state index in [0.717, 1.165) is 48.3 Å². The predicted molar refractivity (Wildman–Crippen MR) is 86.4 cm³/mol. The molecule has 2 rings (SSSR count). The van der Waals surface area contributed by atoms with E-state index in [0.29, 0.717) is 11.6 Å². The number of nitrogens with one attached hydrogen (secondary N) is 2. The van der Waals surface area contributed by atoms with Crippen LogP contribution in [0, 0.1) is 6.92 Å². The molecule has 1 fully saturated rings. The van der Waals surface area contributed by atoms with E-state index in [9.17, 15) is 4.79 Å². The Bertz CT molecular complexity index is 488. The maximum absolute atomic E-state index is 12.1. The topological polar surface area (TPSA) is 44.4 Å². The molecule has 0 aromatic heterocycles. The first-order chi connectivity index (χ1) is 9.56. The monoisotopic (exact) mass is 359 g/mol. The second-order valence-electron chi connectivity index (χ2n) is 5.01. The molecule has 110 valence electrons. The summed E-state index contributed by atoms with van der Waals surface area (Å²) in [5, 5.41) is 6.89. The van der Waals surface area contributed by atoms with E-state index in [1.807, 2.05) is 13.0 Å². The number of nitrogens with zero attached hydrogens (tertiary/aromatic N) is 1. The molecule has 0 radical (unpaired) electrons. The van der Waals surface area contributed by atoms with E-state index in [4.69, 9.17) is 11.6 Å². The molecule has 1 heterocycles. The summed E-state index contributed by atoms with van der Waals surface area (Å²) in [5.74, 6) is -0.00693. The lowest BCUT2D eigenvalue weighted by molar-refractivity contribution is -0.117.